The average Bonchev–Trinajstić information content (AvgIpc) is 2.71. The van der Waals surface area contributed by atoms with E-state index in [9.17, 15) is 9.59 Å². The molecule has 0 saturated heterocycles. The third-order valence-electron chi connectivity index (χ3n) is 4.52. The van der Waals surface area contributed by atoms with Gasteiger partial charge in [-0.25, -0.2) is 9.59 Å². The van der Waals surface area contributed by atoms with Gasteiger partial charge in [-0.3, -0.25) is 0 Å². The molecule has 160 valence electrons. The van der Waals surface area contributed by atoms with Crippen LogP contribution in [-0.2, 0) is 19.1 Å². The van der Waals surface area contributed by atoms with E-state index < -0.39 is 0 Å². The van der Waals surface area contributed by atoms with Crippen LogP contribution < -0.4 is 0 Å². The maximum atomic E-state index is 10.9. The van der Waals surface area contributed by atoms with Crippen LogP contribution in [0.4, 0.5) is 0 Å². The highest BCUT2D eigenvalue weighted by atomic mass is 16.5. The van der Waals surface area contributed by atoms with E-state index in [0.717, 1.165) is 25.7 Å². The first-order valence-corrected chi connectivity index (χ1v) is 10.9. The van der Waals surface area contributed by atoms with Crippen molar-refractivity contribution in [2.24, 2.45) is 0 Å². The van der Waals surface area contributed by atoms with E-state index in [4.69, 9.17) is 9.47 Å². The lowest BCUT2D eigenvalue weighted by Crippen LogP contribution is -2.01. The van der Waals surface area contributed by atoms with Gasteiger partial charge >= 0.3 is 11.9 Å². The highest BCUT2D eigenvalue weighted by Gasteiger charge is 1.96. The Hall–Kier alpha value is -1.84. The SMILES string of the molecule is C=CC(=O)OCCCCCCCC/C=C\CCCCCCCCOC(=O)C=C. The molecule has 4 heteroatoms. The Morgan fingerprint density at radius 3 is 1.21 bits per heavy atom. The lowest BCUT2D eigenvalue weighted by molar-refractivity contribution is -0.138. The van der Waals surface area contributed by atoms with Crippen molar-refractivity contribution in [2.75, 3.05) is 13.2 Å². The molecule has 28 heavy (non-hydrogen) atoms. The summed E-state index contributed by atoms with van der Waals surface area (Å²) in [5.74, 6) is -0.647. The van der Waals surface area contributed by atoms with Crippen molar-refractivity contribution in [3.8, 4) is 0 Å². The molecule has 0 aromatic carbocycles. The largest absolute Gasteiger partial charge is 0.463 e. The van der Waals surface area contributed by atoms with Crippen LogP contribution in [-0.4, -0.2) is 25.2 Å². The molecule has 0 aliphatic carbocycles. The van der Waals surface area contributed by atoms with Crippen LogP contribution in [0.5, 0.6) is 0 Å². The molecule has 0 rings (SSSR count). The summed E-state index contributed by atoms with van der Waals surface area (Å²) in [4.78, 5) is 21.7. The minimum atomic E-state index is -0.324. The molecule has 0 radical (unpaired) electrons. The van der Waals surface area contributed by atoms with Gasteiger partial charge in [-0.05, 0) is 38.5 Å². The van der Waals surface area contributed by atoms with Crippen molar-refractivity contribution in [2.45, 2.75) is 89.9 Å². The molecule has 0 spiro atoms. The number of carbonyl (C=O) groups excluding carboxylic acids is 2. The topological polar surface area (TPSA) is 52.6 Å². The van der Waals surface area contributed by atoms with Gasteiger partial charge in [-0.1, -0.05) is 76.7 Å². The van der Waals surface area contributed by atoms with Crippen molar-refractivity contribution in [1.82, 2.24) is 0 Å². The van der Waals surface area contributed by atoms with Gasteiger partial charge in [-0.15, -0.1) is 0 Å². The molecule has 0 N–H and O–H groups in total. The molecule has 4 nitrogen and oxygen atoms in total. The lowest BCUT2D eigenvalue weighted by Gasteiger charge is -2.02. The fourth-order valence-corrected chi connectivity index (χ4v) is 2.84. The van der Waals surface area contributed by atoms with Gasteiger partial charge in [0, 0.05) is 12.2 Å². The van der Waals surface area contributed by atoms with E-state index in [1.165, 1.54) is 76.4 Å². The van der Waals surface area contributed by atoms with Gasteiger partial charge in [0.15, 0.2) is 0 Å². The molecule has 0 aliphatic rings. The summed E-state index contributed by atoms with van der Waals surface area (Å²) in [6.07, 6.45) is 23.6. The summed E-state index contributed by atoms with van der Waals surface area (Å²) in [6, 6.07) is 0. The number of carbonyl (C=O) groups is 2. The number of allylic oxidation sites excluding steroid dienone is 2. The first-order chi connectivity index (χ1) is 13.7. The zero-order chi connectivity index (χ0) is 20.7. The van der Waals surface area contributed by atoms with Crippen LogP contribution >= 0.6 is 0 Å². The van der Waals surface area contributed by atoms with E-state index in [0.29, 0.717) is 13.2 Å². The highest BCUT2D eigenvalue weighted by Crippen LogP contribution is 2.10. The molecule has 0 unspecified atom stereocenters. The van der Waals surface area contributed by atoms with Crippen molar-refractivity contribution in [1.29, 1.82) is 0 Å². The number of rotatable bonds is 20. The highest BCUT2D eigenvalue weighted by molar-refractivity contribution is 5.81. The van der Waals surface area contributed by atoms with Gasteiger partial charge in [0.05, 0.1) is 13.2 Å². The Labute approximate surface area is 172 Å². The third-order valence-corrected chi connectivity index (χ3v) is 4.52. The molecular weight excluding hydrogens is 352 g/mol. The van der Waals surface area contributed by atoms with Gasteiger partial charge in [-0.2, -0.15) is 0 Å². The van der Waals surface area contributed by atoms with Gasteiger partial charge in [0.25, 0.3) is 0 Å². The summed E-state index contributed by atoms with van der Waals surface area (Å²) in [7, 11) is 0. The Bertz CT molecular complexity index is 400. The molecule has 0 bridgehead atoms. The Morgan fingerprint density at radius 2 is 0.857 bits per heavy atom. The first-order valence-electron chi connectivity index (χ1n) is 10.9. The van der Waals surface area contributed by atoms with Crippen molar-refractivity contribution >= 4 is 11.9 Å². The molecule has 0 atom stereocenters. The average molecular weight is 393 g/mol. The van der Waals surface area contributed by atoms with E-state index in [1.807, 2.05) is 0 Å². The summed E-state index contributed by atoms with van der Waals surface area (Å²) in [5.41, 5.74) is 0. The molecule has 0 saturated carbocycles. The normalized spacial score (nSPS) is 10.7. The zero-order valence-corrected chi connectivity index (χ0v) is 17.7. The molecule has 0 heterocycles. The maximum Gasteiger partial charge on any atom is 0.330 e. The Morgan fingerprint density at radius 1 is 0.536 bits per heavy atom. The van der Waals surface area contributed by atoms with Crippen LogP contribution in [0.1, 0.15) is 89.9 Å². The predicted molar refractivity (Wildman–Crippen MR) is 116 cm³/mol. The smallest absolute Gasteiger partial charge is 0.330 e. The molecule has 0 aliphatic heterocycles. The van der Waals surface area contributed by atoms with Crippen LogP contribution in [0.15, 0.2) is 37.5 Å². The van der Waals surface area contributed by atoms with Gasteiger partial charge in [0.2, 0.25) is 0 Å². The van der Waals surface area contributed by atoms with Crippen LogP contribution in [0.3, 0.4) is 0 Å². The first kappa shape index (κ1) is 26.2. The maximum absolute atomic E-state index is 10.9. The van der Waals surface area contributed by atoms with Crippen molar-refractivity contribution < 1.29 is 19.1 Å². The second-order valence-electron chi connectivity index (χ2n) is 7.03. The minimum absolute atomic E-state index is 0.324. The second kappa shape index (κ2) is 21.5. The van der Waals surface area contributed by atoms with E-state index >= 15 is 0 Å². The second-order valence-corrected chi connectivity index (χ2v) is 7.03. The number of unbranched alkanes of at least 4 members (excludes halogenated alkanes) is 12. The molecular formula is C24H40O4. The minimum Gasteiger partial charge on any atom is -0.463 e. The summed E-state index contributed by atoms with van der Waals surface area (Å²) < 4.78 is 9.89. The molecule has 0 amide bonds. The number of esters is 2. The monoisotopic (exact) mass is 392 g/mol. The predicted octanol–water partition coefficient (Wildman–Crippen LogP) is 6.46. The third kappa shape index (κ3) is 20.5. The quantitative estimate of drug-likeness (QED) is 0.103. The lowest BCUT2D eigenvalue weighted by atomic mass is 10.1. The molecule has 0 fully saturated rings. The Balaban J connectivity index is 3.16. The molecule has 0 aromatic heterocycles. The van der Waals surface area contributed by atoms with E-state index in [-0.39, 0.29) is 11.9 Å². The fraction of sp³-hybridized carbons (Fsp3) is 0.667. The fourth-order valence-electron chi connectivity index (χ4n) is 2.84. The van der Waals surface area contributed by atoms with Crippen molar-refractivity contribution in [3.63, 3.8) is 0 Å². The number of hydrogen-bond acceptors (Lipinski definition) is 4. The summed E-state index contributed by atoms with van der Waals surface area (Å²) in [5, 5.41) is 0. The standard InChI is InChI=1S/C24H40O4/c1-3-23(25)27-21-19-17-15-13-11-9-7-5-6-8-10-12-14-16-18-20-22-28-24(26)4-2/h3-6H,1-2,7-22H2/b6-5-. The Kier molecular flexibility index (Phi) is 20.0. The number of hydrogen-bond donors (Lipinski definition) is 0. The van der Waals surface area contributed by atoms with Crippen LogP contribution in [0, 0.1) is 0 Å². The van der Waals surface area contributed by atoms with E-state index in [2.05, 4.69) is 25.3 Å². The summed E-state index contributed by atoms with van der Waals surface area (Å²) in [6.45, 7) is 7.77. The van der Waals surface area contributed by atoms with Crippen LogP contribution in [0.25, 0.3) is 0 Å². The van der Waals surface area contributed by atoms with Gasteiger partial charge in [0.1, 0.15) is 0 Å². The van der Waals surface area contributed by atoms with E-state index in [1.54, 1.807) is 0 Å². The summed E-state index contributed by atoms with van der Waals surface area (Å²) >= 11 is 0. The number of ether oxygens (including phenoxy) is 2. The molecule has 0 aromatic rings. The van der Waals surface area contributed by atoms with Gasteiger partial charge < -0.3 is 9.47 Å². The van der Waals surface area contributed by atoms with Crippen LogP contribution in [0.2, 0.25) is 0 Å². The van der Waals surface area contributed by atoms with Crippen molar-refractivity contribution in [3.05, 3.63) is 37.5 Å². The zero-order valence-electron chi connectivity index (χ0n) is 17.7.